The van der Waals surface area contributed by atoms with Gasteiger partial charge in [0.05, 0.1) is 7.11 Å². The minimum absolute atomic E-state index is 0.297. The average Bonchev–Trinajstić information content (AvgIpc) is 2.83. The van der Waals surface area contributed by atoms with Gasteiger partial charge in [0, 0.05) is 22.5 Å². The van der Waals surface area contributed by atoms with E-state index in [1.165, 1.54) is 7.11 Å². The second-order valence-electron chi connectivity index (χ2n) is 4.70. The highest BCUT2D eigenvalue weighted by Crippen LogP contribution is 2.30. The van der Waals surface area contributed by atoms with Crippen molar-refractivity contribution in [2.24, 2.45) is 0 Å². The SMILES string of the molecule is COC(=O)[C@H](C)Nc1ccc2c(c1)oc1ccccc12. The minimum atomic E-state index is -0.401. The average molecular weight is 269 g/mol. The number of esters is 1. The van der Waals surface area contributed by atoms with Gasteiger partial charge in [-0.05, 0) is 25.1 Å². The first-order chi connectivity index (χ1) is 9.69. The molecule has 0 spiro atoms. The maximum absolute atomic E-state index is 11.4. The number of para-hydroxylation sites is 1. The Morgan fingerprint density at radius 2 is 1.90 bits per heavy atom. The molecule has 2 aromatic carbocycles. The van der Waals surface area contributed by atoms with Crippen LogP contribution in [-0.2, 0) is 9.53 Å². The second kappa shape index (κ2) is 4.89. The Balaban J connectivity index is 1.98. The van der Waals surface area contributed by atoms with Crippen molar-refractivity contribution in [1.29, 1.82) is 0 Å². The Morgan fingerprint density at radius 3 is 2.70 bits per heavy atom. The number of rotatable bonds is 3. The van der Waals surface area contributed by atoms with Crippen LogP contribution in [0.1, 0.15) is 6.92 Å². The zero-order valence-corrected chi connectivity index (χ0v) is 11.3. The molecular formula is C16H15NO3. The molecule has 1 heterocycles. The minimum Gasteiger partial charge on any atom is -0.467 e. The van der Waals surface area contributed by atoms with E-state index < -0.39 is 6.04 Å². The van der Waals surface area contributed by atoms with E-state index in [1.807, 2.05) is 42.5 Å². The van der Waals surface area contributed by atoms with Gasteiger partial charge in [-0.1, -0.05) is 18.2 Å². The summed E-state index contributed by atoms with van der Waals surface area (Å²) in [5.74, 6) is -0.297. The second-order valence-corrected chi connectivity index (χ2v) is 4.70. The normalized spacial score (nSPS) is 12.5. The van der Waals surface area contributed by atoms with Crippen LogP contribution in [0.25, 0.3) is 21.9 Å². The topological polar surface area (TPSA) is 51.5 Å². The molecule has 102 valence electrons. The van der Waals surface area contributed by atoms with E-state index in [0.29, 0.717) is 0 Å². The first-order valence-electron chi connectivity index (χ1n) is 6.44. The smallest absolute Gasteiger partial charge is 0.327 e. The van der Waals surface area contributed by atoms with Gasteiger partial charge in [-0.2, -0.15) is 0 Å². The summed E-state index contributed by atoms with van der Waals surface area (Å²) in [6, 6.07) is 13.3. The number of hydrogen-bond acceptors (Lipinski definition) is 4. The van der Waals surface area contributed by atoms with Crippen molar-refractivity contribution in [2.45, 2.75) is 13.0 Å². The van der Waals surface area contributed by atoms with Crippen LogP contribution in [0, 0.1) is 0 Å². The highest BCUT2D eigenvalue weighted by Gasteiger charge is 2.13. The number of methoxy groups -OCH3 is 1. The Labute approximate surface area is 116 Å². The lowest BCUT2D eigenvalue weighted by Crippen LogP contribution is -2.27. The summed E-state index contributed by atoms with van der Waals surface area (Å²) in [4.78, 5) is 11.4. The molecule has 0 aliphatic rings. The molecule has 0 saturated carbocycles. The van der Waals surface area contributed by atoms with Crippen molar-refractivity contribution in [3.05, 3.63) is 42.5 Å². The summed E-state index contributed by atoms with van der Waals surface area (Å²) in [5.41, 5.74) is 2.49. The standard InChI is InChI=1S/C16H15NO3/c1-10(16(18)19-2)17-11-7-8-13-12-5-3-4-6-14(12)20-15(13)9-11/h3-10,17H,1-2H3/t10-/m0/s1. The molecule has 3 rings (SSSR count). The molecule has 1 N–H and O–H groups in total. The van der Waals surface area contributed by atoms with Crippen LogP contribution in [-0.4, -0.2) is 19.1 Å². The van der Waals surface area contributed by atoms with E-state index in [-0.39, 0.29) is 5.97 Å². The molecule has 20 heavy (non-hydrogen) atoms. The third kappa shape index (κ3) is 2.09. The Kier molecular flexibility index (Phi) is 3.06. The zero-order chi connectivity index (χ0) is 14.1. The van der Waals surface area contributed by atoms with Crippen LogP contribution in [0.3, 0.4) is 0 Å². The predicted molar refractivity (Wildman–Crippen MR) is 78.8 cm³/mol. The molecule has 0 unspecified atom stereocenters. The summed E-state index contributed by atoms with van der Waals surface area (Å²) in [5, 5.41) is 5.25. The molecule has 1 aromatic heterocycles. The first-order valence-corrected chi connectivity index (χ1v) is 6.44. The van der Waals surface area contributed by atoms with Crippen molar-refractivity contribution in [3.8, 4) is 0 Å². The Bertz CT molecular complexity index is 776. The van der Waals surface area contributed by atoms with Crippen LogP contribution in [0.4, 0.5) is 5.69 Å². The fourth-order valence-electron chi connectivity index (χ4n) is 2.30. The van der Waals surface area contributed by atoms with Crippen LogP contribution >= 0.6 is 0 Å². The summed E-state index contributed by atoms with van der Waals surface area (Å²) in [7, 11) is 1.38. The number of hydrogen-bond donors (Lipinski definition) is 1. The van der Waals surface area contributed by atoms with E-state index >= 15 is 0 Å². The molecule has 4 heteroatoms. The Hall–Kier alpha value is -2.49. The lowest BCUT2D eigenvalue weighted by Gasteiger charge is -2.12. The number of benzene rings is 2. The van der Waals surface area contributed by atoms with Gasteiger partial charge in [0.25, 0.3) is 0 Å². The Morgan fingerprint density at radius 1 is 1.15 bits per heavy atom. The van der Waals surface area contributed by atoms with Crippen molar-refractivity contribution in [3.63, 3.8) is 0 Å². The summed E-state index contributed by atoms with van der Waals surface area (Å²) in [6.45, 7) is 1.76. The van der Waals surface area contributed by atoms with Gasteiger partial charge in [0.2, 0.25) is 0 Å². The van der Waals surface area contributed by atoms with Gasteiger partial charge in [-0.15, -0.1) is 0 Å². The van der Waals surface area contributed by atoms with Crippen LogP contribution in [0.2, 0.25) is 0 Å². The molecule has 0 bridgehead atoms. The highest BCUT2D eigenvalue weighted by atomic mass is 16.5. The van der Waals surface area contributed by atoms with Gasteiger partial charge in [0.1, 0.15) is 17.2 Å². The maximum atomic E-state index is 11.4. The zero-order valence-electron chi connectivity index (χ0n) is 11.3. The number of nitrogens with one attached hydrogen (secondary N) is 1. The molecule has 0 saturated heterocycles. The highest BCUT2D eigenvalue weighted by molar-refractivity contribution is 6.05. The lowest BCUT2D eigenvalue weighted by atomic mass is 10.1. The third-order valence-electron chi connectivity index (χ3n) is 3.32. The van der Waals surface area contributed by atoms with E-state index in [0.717, 1.165) is 27.6 Å². The van der Waals surface area contributed by atoms with Crippen molar-refractivity contribution < 1.29 is 13.9 Å². The lowest BCUT2D eigenvalue weighted by molar-refractivity contribution is -0.141. The molecule has 0 aliphatic carbocycles. The van der Waals surface area contributed by atoms with Gasteiger partial charge in [-0.25, -0.2) is 4.79 Å². The van der Waals surface area contributed by atoms with Crippen molar-refractivity contribution >= 4 is 33.6 Å². The molecular weight excluding hydrogens is 254 g/mol. The van der Waals surface area contributed by atoms with Gasteiger partial charge < -0.3 is 14.5 Å². The van der Waals surface area contributed by atoms with Gasteiger partial charge in [0.15, 0.2) is 0 Å². The number of furan rings is 1. The molecule has 0 aliphatic heterocycles. The largest absolute Gasteiger partial charge is 0.467 e. The van der Waals surface area contributed by atoms with E-state index in [4.69, 9.17) is 9.15 Å². The molecule has 0 fully saturated rings. The summed E-state index contributed by atoms with van der Waals surface area (Å²) in [6.07, 6.45) is 0. The fourth-order valence-corrected chi connectivity index (χ4v) is 2.30. The van der Waals surface area contributed by atoms with Crippen LogP contribution in [0.15, 0.2) is 46.9 Å². The summed E-state index contributed by atoms with van der Waals surface area (Å²) < 4.78 is 10.5. The van der Waals surface area contributed by atoms with E-state index in [9.17, 15) is 4.79 Å². The molecule has 0 radical (unpaired) electrons. The fraction of sp³-hybridized carbons (Fsp3) is 0.188. The maximum Gasteiger partial charge on any atom is 0.327 e. The number of anilines is 1. The van der Waals surface area contributed by atoms with E-state index in [1.54, 1.807) is 6.92 Å². The van der Waals surface area contributed by atoms with E-state index in [2.05, 4.69) is 5.32 Å². The van der Waals surface area contributed by atoms with Gasteiger partial charge >= 0.3 is 5.97 Å². The number of carbonyl (C=O) groups is 1. The van der Waals surface area contributed by atoms with Crippen molar-refractivity contribution in [2.75, 3.05) is 12.4 Å². The van der Waals surface area contributed by atoms with Gasteiger partial charge in [-0.3, -0.25) is 0 Å². The number of ether oxygens (including phenoxy) is 1. The molecule has 3 aromatic rings. The summed E-state index contributed by atoms with van der Waals surface area (Å²) >= 11 is 0. The number of carbonyl (C=O) groups excluding carboxylic acids is 1. The predicted octanol–water partition coefficient (Wildman–Crippen LogP) is 3.56. The quantitative estimate of drug-likeness (QED) is 0.739. The van der Waals surface area contributed by atoms with Crippen LogP contribution < -0.4 is 5.32 Å². The third-order valence-corrected chi connectivity index (χ3v) is 3.32. The van der Waals surface area contributed by atoms with Crippen LogP contribution in [0.5, 0.6) is 0 Å². The van der Waals surface area contributed by atoms with Crippen molar-refractivity contribution in [1.82, 2.24) is 0 Å². The monoisotopic (exact) mass is 269 g/mol. The number of fused-ring (bicyclic) bond motifs is 3. The molecule has 1 atom stereocenters. The first kappa shape index (κ1) is 12.5. The molecule has 4 nitrogen and oxygen atoms in total. The molecule has 0 amide bonds.